The fourth-order valence-electron chi connectivity index (χ4n) is 4.51. The van der Waals surface area contributed by atoms with Crippen molar-refractivity contribution in [2.45, 2.75) is 109 Å². The molecule has 0 N–H and O–H groups in total. The van der Waals surface area contributed by atoms with Crippen LogP contribution in [0.25, 0.3) is 0 Å². The molecule has 0 spiro atoms. The van der Waals surface area contributed by atoms with Crippen LogP contribution in [0.4, 0.5) is 0 Å². The predicted molar refractivity (Wildman–Crippen MR) is 130 cm³/mol. The molecule has 0 amide bonds. The molecule has 0 bridgehead atoms. The quantitative estimate of drug-likeness (QED) is 0.486. The predicted octanol–water partition coefficient (Wildman–Crippen LogP) is 9.03. The third kappa shape index (κ3) is 5.28. The Balaban J connectivity index is 0.000000504. The Morgan fingerprint density at radius 1 is 0.429 bits per heavy atom. The first-order valence-corrected chi connectivity index (χ1v) is 10.5. The lowest BCUT2D eigenvalue weighted by atomic mass is 9.85. The Labute approximate surface area is 176 Å². The van der Waals surface area contributed by atoms with Crippen LogP contribution in [0.2, 0.25) is 0 Å². The van der Waals surface area contributed by atoms with Crippen molar-refractivity contribution in [3.8, 4) is 0 Å². The summed E-state index contributed by atoms with van der Waals surface area (Å²) in [5, 5.41) is 0. The van der Waals surface area contributed by atoms with Crippen LogP contribution in [0.5, 0.6) is 0 Å². The van der Waals surface area contributed by atoms with E-state index in [0.717, 1.165) is 0 Å². The van der Waals surface area contributed by atoms with E-state index in [-0.39, 0.29) is 7.43 Å². The average Bonchev–Trinajstić information content (AvgIpc) is 2.57. The van der Waals surface area contributed by atoms with Crippen molar-refractivity contribution >= 4 is 0 Å². The second kappa shape index (κ2) is 10.3. The van der Waals surface area contributed by atoms with E-state index in [1.54, 1.807) is 5.56 Å². The zero-order valence-electron chi connectivity index (χ0n) is 20.2. The number of hydrogen-bond acceptors (Lipinski definition) is 0. The zero-order chi connectivity index (χ0) is 21.2. The normalized spacial score (nSPS) is 10.7. The molecule has 0 heteroatoms. The highest BCUT2D eigenvalue weighted by Crippen LogP contribution is 2.31. The van der Waals surface area contributed by atoms with E-state index in [0.29, 0.717) is 11.8 Å². The Morgan fingerprint density at radius 3 is 0.964 bits per heavy atom. The number of rotatable bonds is 2. The second-order valence-corrected chi connectivity index (χ2v) is 9.02. The van der Waals surface area contributed by atoms with E-state index in [2.05, 4.69) is 96.1 Å². The van der Waals surface area contributed by atoms with E-state index in [9.17, 15) is 0 Å². The lowest BCUT2D eigenvalue weighted by Crippen LogP contribution is -2.04. The minimum atomic E-state index is 0. The first kappa shape index (κ1) is 26.4. The summed E-state index contributed by atoms with van der Waals surface area (Å²) in [6.07, 6.45) is 0. The first-order chi connectivity index (χ1) is 12.3. The van der Waals surface area contributed by atoms with Crippen molar-refractivity contribution in [3.63, 3.8) is 0 Å². The minimum Gasteiger partial charge on any atom is -0.0776 e. The van der Waals surface area contributed by atoms with Crippen LogP contribution < -0.4 is 0 Å². The molecule has 0 radical (unpaired) electrons. The smallest absolute Gasteiger partial charge is 0.0213 e. The Kier molecular flexibility index (Phi) is 9.71. The van der Waals surface area contributed by atoms with E-state index in [1.807, 2.05) is 0 Å². The minimum absolute atomic E-state index is 0. The topological polar surface area (TPSA) is 0 Å². The molecule has 0 saturated carbocycles. The number of hydrogen-bond donors (Lipinski definition) is 0. The highest BCUT2D eigenvalue weighted by Gasteiger charge is 2.14. The van der Waals surface area contributed by atoms with Gasteiger partial charge >= 0.3 is 0 Å². The Morgan fingerprint density at radius 2 is 0.679 bits per heavy atom. The van der Waals surface area contributed by atoms with Gasteiger partial charge in [-0.2, -0.15) is 0 Å². The van der Waals surface area contributed by atoms with E-state index in [1.165, 1.54) is 55.6 Å². The third-order valence-corrected chi connectivity index (χ3v) is 6.64. The molecule has 0 aliphatic carbocycles. The highest BCUT2D eigenvalue weighted by atomic mass is 14.2. The molecular formula is C28H46. The van der Waals surface area contributed by atoms with Gasteiger partial charge in [-0.05, 0) is 135 Å². The SMILES string of the molecule is C.Cc1c(C)c(C)c(C(C)C)c(C)c1C.Cc1cc(C)c(C)c(C(C)C)c1C. The van der Waals surface area contributed by atoms with E-state index >= 15 is 0 Å². The first-order valence-electron chi connectivity index (χ1n) is 10.5. The maximum absolute atomic E-state index is 2.29. The van der Waals surface area contributed by atoms with Crippen molar-refractivity contribution in [1.82, 2.24) is 0 Å². The summed E-state index contributed by atoms with van der Waals surface area (Å²) in [7, 11) is 0. The molecule has 0 aliphatic rings. The number of benzene rings is 2. The van der Waals surface area contributed by atoms with Crippen molar-refractivity contribution in [2.24, 2.45) is 0 Å². The van der Waals surface area contributed by atoms with Gasteiger partial charge in [0, 0.05) is 0 Å². The van der Waals surface area contributed by atoms with Crippen molar-refractivity contribution in [1.29, 1.82) is 0 Å². The Hall–Kier alpha value is -1.56. The van der Waals surface area contributed by atoms with Gasteiger partial charge in [-0.15, -0.1) is 0 Å². The van der Waals surface area contributed by atoms with Crippen LogP contribution in [0.3, 0.4) is 0 Å². The summed E-state index contributed by atoms with van der Waals surface area (Å²) in [6.45, 7) is 29.2. The van der Waals surface area contributed by atoms with Gasteiger partial charge in [-0.1, -0.05) is 41.2 Å². The molecule has 0 aromatic heterocycles. The molecule has 158 valence electrons. The molecule has 28 heavy (non-hydrogen) atoms. The molecule has 0 heterocycles. The molecule has 2 aromatic rings. The van der Waals surface area contributed by atoms with Crippen molar-refractivity contribution < 1.29 is 0 Å². The third-order valence-electron chi connectivity index (χ3n) is 6.64. The van der Waals surface area contributed by atoms with Crippen LogP contribution in [-0.2, 0) is 0 Å². The lowest BCUT2D eigenvalue weighted by Gasteiger charge is -2.21. The largest absolute Gasteiger partial charge is 0.0776 e. The fraction of sp³-hybridized carbons (Fsp3) is 0.571. The highest BCUT2D eigenvalue weighted by molar-refractivity contribution is 5.50. The van der Waals surface area contributed by atoms with Crippen LogP contribution in [0.15, 0.2) is 6.07 Å². The van der Waals surface area contributed by atoms with Crippen molar-refractivity contribution in [3.05, 3.63) is 67.3 Å². The maximum atomic E-state index is 2.29. The molecule has 0 nitrogen and oxygen atoms in total. The van der Waals surface area contributed by atoms with Gasteiger partial charge in [-0.3, -0.25) is 0 Å². The fourth-order valence-corrected chi connectivity index (χ4v) is 4.51. The molecule has 0 fully saturated rings. The van der Waals surface area contributed by atoms with E-state index in [4.69, 9.17) is 0 Å². The summed E-state index contributed by atoms with van der Waals surface area (Å²) in [6, 6.07) is 2.29. The molecule has 0 unspecified atom stereocenters. The molecule has 2 aromatic carbocycles. The molecule has 2 rings (SSSR count). The van der Waals surface area contributed by atoms with Gasteiger partial charge in [0.25, 0.3) is 0 Å². The van der Waals surface area contributed by atoms with Gasteiger partial charge in [0.2, 0.25) is 0 Å². The summed E-state index contributed by atoms with van der Waals surface area (Å²) in [5.74, 6) is 1.27. The lowest BCUT2D eigenvalue weighted by molar-refractivity contribution is 0.837. The van der Waals surface area contributed by atoms with Gasteiger partial charge in [0.05, 0.1) is 0 Å². The van der Waals surface area contributed by atoms with Gasteiger partial charge in [0.15, 0.2) is 0 Å². The average molecular weight is 383 g/mol. The van der Waals surface area contributed by atoms with Gasteiger partial charge in [-0.25, -0.2) is 0 Å². The number of aryl methyl sites for hydroxylation is 2. The van der Waals surface area contributed by atoms with E-state index < -0.39 is 0 Å². The summed E-state index contributed by atoms with van der Waals surface area (Å²) in [4.78, 5) is 0. The molecule has 0 aliphatic heterocycles. The zero-order valence-corrected chi connectivity index (χ0v) is 20.2. The Bertz CT molecular complexity index is 762. The van der Waals surface area contributed by atoms with Crippen LogP contribution in [-0.4, -0.2) is 0 Å². The molecule has 0 saturated heterocycles. The molecular weight excluding hydrogens is 336 g/mol. The monoisotopic (exact) mass is 382 g/mol. The van der Waals surface area contributed by atoms with Crippen LogP contribution in [0.1, 0.15) is 108 Å². The summed E-state index contributed by atoms with van der Waals surface area (Å²) in [5.41, 5.74) is 16.2. The van der Waals surface area contributed by atoms with Crippen LogP contribution >= 0.6 is 0 Å². The van der Waals surface area contributed by atoms with Gasteiger partial charge < -0.3 is 0 Å². The maximum Gasteiger partial charge on any atom is -0.0213 e. The summed E-state index contributed by atoms with van der Waals surface area (Å²) >= 11 is 0. The second-order valence-electron chi connectivity index (χ2n) is 9.02. The van der Waals surface area contributed by atoms with Gasteiger partial charge in [0.1, 0.15) is 0 Å². The standard InChI is InChI=1S/C14H22.C13H20.CH4/c1-8(2)14-12(6)10(4)9(3)11(5)13(14)7;1-8(2)13-11(5)9(3)7-10(4)12(13)6;/h8H,1-7H3;7-8H,1-6H3;1H4. The van der Waals surface area contributed by atoms with Crippen molar-refractivity contribution in [2.75, 3.05) is 0 Å². The van der Waals surface area contributed by atoms with Crippen LogP contribution in [0, 0.1) is 62.3 Å². The molecule has 0 atom stereocenters. The summed E-state index contributed by atoms with van der Waals surface area (Å²) < 4.78 is 0.